The summed E-state index contributed by atoms with van der Waals surface area (Å²) in [7, 11) is 0. The van der Waals surface area contributed by atoms with Gasteiger partial charge in [0.2, 0.25) is 0 Å². The van der Waals surface area contributed by atoms with Crippen LogP contribution in [0.15, 0.2) is 0 Å². The Labute approximate surface area is 390 Å². The molecule has 0 radical (unpaired) electrons. The fourth-order valence-electron chi connectivity index (χ4n) is 3.83. The second-order valence-electron chi connectivity index (χ2n) is 18.1. The van der Waals surface area contributed by atoms with Crippen molar-refractivity contribution < 1.29 is 89.7 Å². The van der Waals surface area contributed by atoms with E-state index in [2.05, 4.69) is 0 Å². The third-order valence-corrected chi connectivity index (χ3v) is 8.84. The topological polar surface area (TPSA) is 342 Å². The van der Waals surface area contributed by atoms with Gasteiger partial charge in [0.1, 0.15) is 42.7 Å². The van der Waals surface area contributed by atoms with Crippen molar-refractivity contribution in [2.24, 2.45) is 41.4 Å². The lowest BCUT2D eigenvalue weighted by Crippen LogP contribution is -2.35. The predicted octanol–water partition coefficient (Wildman–Crippen LogP) is 2.23. The van der Waals surface area contributed by atoms with Crippen LogP contribution in [-0.2, 0) is 33.6 Å². The molecule has 0 saturated carbocycles. The van der Waals surface area contributed by atoms with Crippen molar-refractivity contribution >= 4 is 40.5 Å². The predicted molar refractivity (Wildman–Crippen MR) is 251 cm³/mol. The van der Waals surface area contributed by atoms with Crippen molar-refractivity contribution in [3.8, 4) is 0 Å². The Hall–Kier alpha value is -2.75. The zero-order valence-corrected chi connectivity index (χ0v) is 42.7. The summed E-state index contributed by atoms with van der Waals surface area (Å²) in [5, 5.41) is 98.8. The van der Waals surface area contributed by atoms with Crippen molar-refractivity contribution in [2.75, 3.05) is 0 Å². The molecule has 0 spiro atoms. The average Bonchev–Trinajstić information content (AvgIpc) is 3.18. The SMILES string of the molecule is C.CC(=O)C(O)C(C)C.CC(=O)[C@@H](O)C(C)C.CC(=O)[C@@H](O)[C@@H](O)C(C)C.CC(=O)[C@@H](O)[C@H](O)C(C)C.CC(=O)[C@H](O)C(C)C.CC(=O)[C@H](O)[C@@H](O)C(C)C.CC(=O)[C@H](O)[C@H](O)C(C)C. The number of carbonyl (C=O) groups is 7. The highest BCUT2D eigenvalue weighted by Gasteiger charge is 2.25. The Bertz CT molecular complexity index is 1100. The molecule has 1 unspecified atom stereocenters. The quantitative estimate of drug-likeness (QED) is 0.0938. The van der Waals surface area contributed by atoms with E-state index in [0.29, 0.717) is 0 Å². The Morgan fingerprint density at radius 1 is 0.215 bits per heavy atom. The van der Waals surface area contributed by atoms with Gasteiger partial charge in [-0.05, 0) is 89.9 Å². The molecule has 0 fully saturated rings. The largest absolute Gasteiger partial charge is 0.390 e. The first-order valence-electron chi connectivity index (χ1n) is 21.5. The molecule has 0 saturated heterocycles. The number of Topliss-reactive ketones (excluding diaryl/α,β-unsaturated/α-hetero) is 7. The van der Waals surface area contributed by atoms with Gasteiger partial charge in [-0.3, -0.25) is 33.6 Å². The minimum Gasteiger partial charge on any atom is -0.390 e. The second kappa shape index (κ2) is 42.6. The Kier molecular flexibility index (Phi) is 52.0. The summed E-state index contributed by atoms with van der Waals surface area (Å²) in [6, 6.07) is 0. The summed E-state index contributed by atoms with van der Waals surface area (Å²) in [6.07, 6.45) is -10.9. The van der Waals surface area contributed by atoms with Crippen molar-refractivity contribution in [2.45, 2.75) is 220 Å². The number of rotatable bonds is 18. The standard InChI is InChI=1S/4C7H14O3.3C6H12O2.CH4/c4*1-4(2)6(9)7(10)5(3)8;3*1-4(2)6(8)5(3)7;/h4*4,6-7,9-10H,1-3H3;3*4,6,8H,1-3H3;1H4/t2*6-,7+;2*6-,7-;2*6-;;/m101010../s1. The molecule has 11 atom stereocenters. The number of carbonyl (C=O) groups excluding carboxylic acids is 7. The molecule has 0 aromatic heterocycles. The van der Waals surface area contributed by atoms with Gasteiger partial charge in [0.05, 0.1) is 24.4 Å². The van der Waals surface area contributed by atoms with Crippen molar-refractivity contribution in [1.82, 2.24) is 0 Å². The van der Waals surface area contributed by atoms with Crippen LogP contribution in [0, 0.1) is 41.4 Å². The van der Waals surface area contributed by atoms with Crippen molar-refractivity contribution in [1.29, 1.82) is 0 Å². The Morgan fingerprint density at radius 2 is 0.308 bits per heavy atom. The molecule has 0 rings (SSSR count). The van der Waals surface area contributed by atoms with E-state index < -0.39 is 67.1 Å². The van der Waals surface area contributed by atoms with Crippen LogP contribution in [0.25, 0.3) is 0 Å². The molecule has 0 bridgehead atoms. The fourth-order valence-corrected chi connectivity index (χ4v) is 3.83. The van der Waals surface area contributed by atoms with E-state index in [1.165, 1.54) is 48.5 Å². The molecule has 18 nitrogen and oxygen atoms in total. The molecular formula is C47H96O18. The molecule has 0 aromatic rings. The monoisotopic (exact) mass is 949 g/mol. The average molecular weight is 949 g/mol. The zero-order chi connectivity index (χ0) is 53.4. The maximum atomic E-state index is 10.5. The summed E-state index contributed by atoms with van der Waals surface area (Å²) in [5.41, 5.74) is 0. The first-order valence-corrected chi connectivity index (χ1v) is 21.5. The van der Waals surface area contributed by atoms with Crippen LogP contribution in [0.5, 0.6) is 0 Å². The minimum atomic E-state index is -1.22. The Balaban J connectivity index is -0.0000000972. The van der Waals surface area contributed by atoms with Crippen LogP contribution in [0.4, 0.5) is 0 Å². The van der Waals surface area contributed by atoms with Crippen LogP contribution in [0.1, 0.15) is 153 Å². The summed E-state index contributed by atoms with van der Waals surface area (Å²) >= 11 is 0. The van der Waals surface area contributed by atoms with E-state index in [1.807, 2.05) is 41.5 Å². The number of hydrogen-bond acceptors (Lipinski definition) is 18. The molecular weight excluding hydrogens is 852 g/mol. The highest BCUT2D eigenvalue weighted by atomic mass is 16.4. The molecule has 11 N–H and O–H groups in total. The maximum absolute atomic E-state index is 10.5. The lowest BCUT2D eigenvalue weighted by atomic mass is 10.00. The molecule has 0 aliphatic rings. The molecule has 65 heavy (non-hydrogen) atoms. The second-order valence-corrected chi connectivity index (χ2v) is 18.1. The molecule has 0 heterocycles. The van der Waals surface area contributed by atoms with Gasteiger partial charge in [-0.1, -0.05) is 104 Å². The highest BCUT2D eigenvalue weighted by Crippen LogP contribution is 2.09. The van der Waals surface area contributed by atoms with E-state index in [-0.39, 0.29) is 89.3 Å². The van der Waals surface area contributed by atoms with Gasteiger partial charge < -0.3 is 56.2 Å². The van der Waals surface area contributed by atoms with E-state index in [0.717, 1.165) is 0 Å². The van der Waals surface area contributed by atoms with Crippen molar-refractivity contribution in [3.05, 3.63) is 0 Å². The molecule has 0 aromatic carbocycles. The van der Waals surface area contributed by atoms with Crippen LogP contribution in [0.3, 0.4) is 0 Å². The summed E-state index contributed by atoms with van der Waals surface area (Å²) in [6.45, 7) is 34.1. The third kappa shape index (κ3) is 44.8. The zero-order valence-electron chi connectivity index (χ0n) is 42.7. The first kappa shape index (κ1) is 79.4. The van der Waals surface area contributed by atoms with Gasteiger partial charge in [-0.2, -0.15) is 0 Å². The van der Waals surface area contributed by atoms with Gasteiger partial charge in [0.15, 0.2) is 40.5 Å². The van der Waals surface area contributed by atoms with Gasteiger partial charge in [-0.15, -0.1) is 0 Å². The normalized spacial score (nSPS) is 15.7. The van der Waals surface area contributed by atoms with Crippen LogP contribution in [0.2, 0.25) is 0 Å². The van der Waals surface area contributed by atoms with E-state index in [4.69, 9.17) is 56.2 Å². The van der Waals surface area contributed by atoms with E-state index in [1.54, 1.807) is 55.4 Å². The number of ketones is 7. The highest BCUT2D eigenvalue weighted by molar-refractivity contribution is 5.82. The lowest BCUT2D eigenvalue weighted by Gasteiger charge is -2.17. The minimum absolute atomic E-state index is 0. The van der Waals surface area contributed by atoms with E-state index >= 15 is 0 Å². The van der Waals surface area contributed by atoms with Crippen LogP contribution >= 0.6 is 0 Å². The Morgan fingerprint density at radius 3 is 0.323 bits per heavy atom. The molecule has 0 aliphatic carbocycles. The summed E-state index contributed by atoms with van der Waals surface area (Å²) in [5.74, 6) is -2.20. The van der Waals surface area contributed by atoms with E-state index in [9.17, 15) is 33.6 Å². The number of hydrogen-bond donors (Lipinski definition) is 11. The third-order valence-electron chi connectivity index (χ3n) is 8.84. The maximum Gasteiger partial charge on any atom is 0.160 e. The van der Waals surface area contributed by atoms with Crippen LogP contribution < -0.4 is 0 Å². The van der Waals surface area contributed by atoms with Crippen LogP contribution in [-0.4, -0.2) is 164 Å². The van der Waals surface area contributed by atoms with Gasteiger partial charge in [0, 0.05) is 0 Å². The smallest absolute Gasteiger partial charge is 0.160 e. The van der Waals surface area contributed by atoms with Gasteiger partial charge in [0.25, 0.3) is 0 Å². The summed E-state index contributed by atoms with van der Waals surface area (Å²) < 4.78 is 0. The molecule has 392 valence electrons. The number of aliphatic hydroxyl groups excluding tert-OH is 11. The number of aliphatic hydroxyl groups is 11. The molecule has 18 heteroatoms. The molecule has 0 aliphatic heterocycles. The van der Waals surface area contributed by atoms with Crippen molar-refractivity contribution in [3.63, 3.8) is 0 Å². The first-order chi connectivity index (χ1) is 28.5. The van der Waals surface area contributed by atoms with Gasteiger partial charge >= 0.3 is 0 Å². The lowest BCUT2D eigenvalue weighted by molar-refractivity contribution is -0.133. The molecule has 0 amide bonds. The van der Waals surface area contributed by atoms with Gasteiger partial charge in [-0.25, -0.2) is 0 Å². The summed E-state index contributed by atoms with van der Waals surface area (Å²) in [4.78, 5) is 72.9. The fraction of sp³-hybridized carbons (Fsp3) is 0.851.